The number of morpholine rings is 1. The van der Waals surface area contributed by atoms with Gasteiger partial charge in [-0.05, 0) is 32.0 Å². The lowest BCUT2D eigenvalue weighted by Gasteiger charge is -2.31. The summed E-state index contributed by atoms with van der Waals surface area (Å²) in [4.78, 5) is 26.3. The molecule has 2 aromatic rings. The number of amides is 1. The Morgan fingerprint density at radius 3 is 2.55 bits per heavy atom. The lowest BCUT2D eigenvalue weighted by atomic mass is 10.1. The highest BCUT2D eigenvalue weighted by atomic mass is 16.5. The molecule has 2 fully saturated rings. The number of carbonyl (C=O) groups is 1. The molecule has 0 spiro atoms. The second-order valence-electron chi connectivity index (χ2n) is 9.32. The first-order valence-electron chi connectivity index (χ1n) is 12.0. The van der Waals surface area contributed by atoms with Gasteiger partial charge in [-0.1, -0.05) is 23.8 Å². The maximum Gasteiger partial charge on any atom is 0.275 e. The van der Waals surface area contributed by atoms with Crippen LogP contribution in [0.4, 0.5) is 0 Å². The Labute approximate surface area is 197 Å². The van der Waals surface area contributed by atoms with Crippen molar-refractivity contribution in [1.82, 2.24) is 24.6 Å². The highest BCUT2D eigenvalue weighted by Gasteiger charge is 2.24. The van der Waals surface area contributed by atoms with Gasteiger partial charge in [0.1, 0.15) is 6.26 Å². The van der Waals surface area contributed by atoms with Crippen molar-refractivity contribution in [2.45, 2.75) is 26.9 Å². The molecular formula is C25H37N5O3. The predicted octanol–water partition coefficient (Wildman–Crippen LogP) is 2.01. The molecule has 4 rings (SSSR count). The number of rotatable bonds is 8. The first kappa shape index (κ1) is 23.9. The molecule has 0 saturated carbocycles. The average molecular weight is 456 g/mol. The number of carbonyl (C=O) groups excluding carboxylic acids is 1. The maximum atomic E-state index is 12.9. The molecule has 8 heteroatoms. The molecule has 0 bridgehead atoms. The molecule has 0 aliphatic carbocycles. The van der Waals surface area contributed by atoms with E-state index in [0.717, 1.165) is 72.1 Å². The van der Waals surface area contributed by atoms with Crippen molar-refractivity contribution in [3.8, 4) is 0 Å². The molecule has 0 atom stereocenters. The summed E-state index contributed by atoms with van der Waals surface area (Å²) in [5.41, 5.74) is 4.29. The van der Waals surface area contributed by atoms with E-state index < -0.39 is 0 Å². The third-order valence-electron chi connectivity index (χ3n) is 6.65. The van der Waals surface area contributed by atoms with Gasteiger partial charge in [0.15, 0.2) is 5.69 Å². The van der Waals surface area contributed by atoms with Gasteiger partial charge in [-0.25, -0.2) is 4.98 Å². The Morgan fingerprint density at radius 1 is 1.06 bits per heavy atom. The molecule has 0 unspecified atom stereocenters. The molecule has 8 nitrogen and oxygen atoms in total. The first-order valence-corrected chi connectivity index (χ1v) is 12.0. The van der Waals surface area contributed by atoms with E-state index in [1.165, 1.54) is 23.0 Å². The molecule has 33 heavy (non-hydrogen) atoms. The van der Waals surface area contributed by atoms with E-state index in [2.05, 4.69) is 58.8 Å². The van der Waals surface area contributed by atoms with Crippen LogP contribution in [0.2, 0.25) is 0 Å². The fourth-order valence-corrected chi connectivity index (χ4v) is 4.43. The molecule has 0 radical (unpaired) electrons. The number of hydrogen-bond acceptors (Lipinski definition) is 7. The van der Waals surface area contributed by atoms with Crippen LogP contribution in [-0.4, -0.2) is 103 Å². The topological polar surface area (TPSA) is 65.3 Å². The van der Waals surface area contributed by atoms with Crippen LogP contribution in [0.15, 0.2) is 28.9 Å². The highest BCUT2D eigenvalue weighted by Crippen LogP contribution is 2.16. The summed E-state index contributed by atoms with van der Waals surface area (Å²) < 4.78 is 11.2. The number of aryl methyl sites for hydroxylation is 2. The maximum absolute atomic E-state index is 12.9. The van der Waals surface area contributed by atoms with E-state index in [1.807, 2.05) is 4.90 Å². The van der Waals surface area contributed by atoms with Gasteiger partial charge >= 0.3 is 0 Å². The zero-order valence-electron chi connectivity index (χ0n) is 20.3. The SMILES string of the molecule is Cc1ccc(CN(CCN2CCOCC2)Cc2nc(C(=O)N3CCN(C)CC3)co2)c(C)c1. The molecule has 180 valence electrons. The number of hydrogen-bond donors (Lipinski definition) is 0. The van der Waals surface area contributed by atoms with Crippen molar-refractivity contribution < 1.29 is 13.9 Å². The van der Waals surface area contributed by atoms with Crippen LogP contribution in [-0.2, 0) is 17.8 Å². The smallest absolute Gasteiger partial charge is 0.275 e. The number of oxazole rings is 1. The molecule has 1 aromatic carbocycles. The van der Waals surface area contributed by atoms with Crippen LogP contribution in [0.25, 0.3) is 0 Å². The summed E-state index contributed by atoms with van der Waals surface area (Å²) >= 11 is 0. The van der Waals surface area contributed by atoms with Crippen molar-refractivity contribution >= 4 is 5.91 Å². The monoisotopic (exact) mass is 455 g/mol. The third-order valence-corrected chi connectivity index (χ3v) is 6.65. The second-order valence-corrected chi connectivity index (χ2v) is 9.32. The molecule has 2 saturated heterocycles. The van der Waals surface area contributed by atoms with Crippen LogP contribution in [0.1, 0.15) is 33.1 Å². The summed E-state index contributed by atoms with van der Waals surface area (Å²) in [6, 6.07) is 6.61. The summed E-state index contributed by atoms with van der Waals surface area (Å²) in [5.74, 6) is 0.562. The first-order chi connectivity index (χ1) is 16.0. The normalized spacial score (nSPS) is 18.2. The van der Waals surface area contributed by atoms with Crippen molar-refractivity contribution in [1.29, 1.82) is 0 Å². The summed E-state index contributed by atoms with van der Waals surface area (Å²) in [5, 5.41) is 0. The van der Waals surface area contributed by atoms with Gasteiger partial charge in [-0.3, -0.25) is 14.6 Å². The number of aromatic nitrogens is 1. The van der Waals surface area contributed by atoms with Crippen LogP contribution < -0.4 is 0 Å². The Hall–Kier alpha value is -2.26. The van der Waals surface area contributed by atoms with Gasteiger partial charge in [-0.15, -0.1) is 0 Å². The van der Waals surface area contributed by atoms with Crippen molar-refractivity contribution in [2.75, 3.05) is 72.6 Å². The summed E-state index contributed by atoms with van der Waals surface area (Å²) in [6.07, 6.45) is 1.52. The van der Waals surface area contributed by atoms with E-state index in [9.17, 15) is 4.79 Å². The highest BCUT2D eigenvalue weighted by molar-refractivity contribution is 5.92. The molecule has 2 aliphatic rings. The van der Waals surface area contributed by atoms with Gasteiger partial charge in [0.25, 0.3) is 5.91 Å². The van der Waals surface area contributed by atoms with E-state index in [4.69, 9.17) is 9.15 Å². The van der Waals surface area contributed by atoms with Gasteiger partial charge in [0.2, 0.25) is 5.89 Å². The van der Waals surface area contributed by atoms with Gasteiger partial charge < -0.3 is 19.0 Å². The minimum Gasteiger partial charge on any atom is -0.447 e. The zero-order valence-corrected chi connectivity index (χ0v) is 20.3. The molecule has 2 aliphatic heterocycles. The summed E-state index contributed by atoms with van der Waals surface area (Å²) in [7, 11) is 2.08. The quantitative estimate of drug-likeness (QED) is 0.603. The Bertz CT molecular complexity index is 917. The number of likely N-dealkylation sites (N-methyl/N-ethyl adjacent to an activating group) is 1. The lowest BCUT2D eigenvalue weighted by Crippen LogP contribution is -2.47. The van der Waals surface area contributed by atoms with Crippen LogP contribution >= 0.6 is 0 Å². The molecule has 1 aromatic heterocycles. The van der Waals surface area contributed by atoms with E-state index >= 15 is 0 Å². The zero-order chi connectivity index (χ0) is 23.2. The Morgan fingerprint density at radius 2 is 1.82 bits per heavy atom. The molecular weight excluding hydrogens is 418 g/mol. The van der Waals surface area contributed by atoms with E-state index in [-0.39, 0.29) is 5.91 Å². The Balaban J connectivity index is 1.42. The minimum absolute atomic E-state index is 0.0349. The van der Waals surface area contributed by atoms with Crippen molar-refractivity contribution in [3.05, 3.63) is 52.7 Å². The summed E-state index contributed by atoms with van der Waals surface area (Å²) in [6.45, 7) is 14.4. The van der Waals surface area contributed by atoms with Gasteiger partial charge in [-0.2, -0.15) is 0 Å². The van der Waals surface area contributed by atoms with Crippen molar-refractivity contribution in [3.63, 3.8) is 0 Å². The van der Waals surface area contributed by atoms with Gasteiger partial charge in [0, 0.05) is 58.9 Å². The molecule has 3 heterocycles. The number of nitrogens with zero attached hydrogens (tertiary/aromatic N) is 5. The van der Waals surface area contributed by atoms with Crippen LogP contribution in [0.5, 0.6) is 0 Å². The van der Waals surface area contributed by atoms with Crippen molar-refractivity contribution in [2.24, 2.45) is 0 Å². The fraction of sp³-hybridized carbons (Fsp3) is 0.600. The van der Waals surface area contributed by atoms with E-state index in [0.29, 0.717) is 18.1 Å². The lowest BCUT2D eigenvalue weighted by molar-refractivity contribution is 0.0320. The van der Waals surface area contributed by atoms with E-state index in [1.54, 1.807) is 0 Å². The number of benzene rings is 1. The average Bonchev–Trinajstić information content (AvgIpc) is 3.28. The second kappa shape index (κ2) is 11.2. The number of piperazine rings is 1. The minimum atomic E-state index is -0.0349. The third kappa shape index (κ3) is 6.63. The van der Waals surface area contributed by atoms with Crippen LogP contribution in [0, 0.1) is 13.8 Å². The van der Waals surface area contributed by atoms with Crippen LogP contribution in [0.3, 0.4) is 0 Å². The molecule has 0 N–H and O–H groups in total. The fourth-order valence-electron chi connectivity index (χ4n) is 4.43. The largest absolute Gasteiger partial charge is 0.447 e. The Kier molecular flexibility index (Phi) is 8.14. The molecule has 1 amide bonds. The number of ether oxygens (including phenoxy) is 1. The predicted molar refractivity (Wildman–Crippen MR) is 127 cm³/mol. The van der Waals surface area contributed by atoms with Gasteiger partial charge in [0.05, 0.1) is 19.8 Å². The standard InChI is InChI=1S/C25H37N5O3/c1-20-4-5-22(21(2)16-20)17-29(9-8-28-12-14-32-15-13-28)18-24-26-23(19-33-24)25(31)30-10-6-27(3)7-11-30/h4-5,16,19H,6-15,17-18H2,1-3H3.